The highest BCUT2D eigenvalue weighted by molar-refractivity contribution is 5.34. The lowest BCUT2D eigenvalue weighted by Crippen LogP contribution is -2.26. The first-order valence-electron chi connectivity index (χ1n) is 5.21. The van der Waals surface area contributed by atoms with Crippen molar-refractivity contribution in [3.05, 3.63) is 35.1 Å². The molecule has 0 saturated carbocycles. The van der Waals surface area contributed by atoms with E-state index in [0.717, 1.165) is 12.8 Å². The molecule has 76 valence electrons. The zero-order chi connectivity index (χ0) is 10.1. The van der Waals surface area contributed by atoms with Crippen LogP contribution in [0.15, 0.2) is 18.2 Å². The Morgan fingerprint density at radius 2 is 2.21 bits per heavy atom. The molecule has 2 rings (SSSR count). The maximum absolute atomic E-state index is 12.9. The zero-order valence-electron chi connectivity index (χ0n) is 8.68. The first kappa shape index (κ1) is 9.66. The van der Waals surface area contributed by atoms with Crippen LogP contribution in [0, 0.1) is 5.82 Å². The molecule has 0 spiro atoms. The van der Waals surface area contributed by atoms with Gasteiger partial charge >= 0.3 is 0 Å². The molecule has 1 atom stereocenters. The fourth-order valence-electron chi connectivity index (χ4n) is 2.16. The Balaban J connectivity index is 2.22. The van der Waals surface area contributed by atoms with Crippen LogP contribution in [-0.2, 0) is 6.42 Å². The molecule has 0 amide bonds. The average Bonchev–Trinajstić information content (AvgIpc) is 2.47. The second kappa shape index (κ2) is 3.70. The van der Waals surface area contributed by atoms with Crippen molar-refractivity contribution >= 4 is 0 Å². The maximum Gasteiger partial charge on any atom is 0.123 e. The van der Waals surface area contributed by atoms with Crippen LogP contribution in [0.25, 0.3) is 0 Å². The van der Waals surface area contributed by atoms with Crippen molar-refractivity contribution in [2.24, 2.45) is 0 Å². The fraction of sp³-hybridized carbons (Fsp3) is 0.500. The lowest BCUT2D eigenvalue weighted by atomic mass is 10.1. The Morgan fingerprint density at radius 1 is 1.43 bits per heavy atom. The number of hydrogen-bond acceptors (Lipinski definition) is 1. The summed E-state index contributed by atoms with van der Waals surface area (Å²) in [6.45, 7) is 4.28. The van der Waals surface area contributed by atoms with Crippen molar-refractivity contribution < 1.29 is 4.39 Å². The van der Waals surface area contributed by atoms with E-state index in [4.69, 9.17) is 0 Å². The molecule has 0 bridgehead atoms. The minimum Gasteiger partial charge on any atom is -0.308 e. The van der Waals surface area contributed by atoms with E-state index >= 15 is 0 Å². The number of aryl methyl sites for hydroxylation is 1. The van der Waals surface area contributed by atoms with Crippen molar-refractivity contribution in [2.45, 2.75) is 38.8 Å². The molecule has 1 N–H and O–H groups in total. The number of hydrogen-bond donors (Lipinski definition) is 1. The summed E-state index contributed by atoms with van der Waals surface area (Å²) in [5.74, 6) is -0.117. The van der Waals surface area contributed by atoms with Crippen LogP contribution in [0.5, 0.6) is 0 Å². The molecule has 1 aromatic carbocycles. The molecule has 0 heterocycles. The predicted molar refractivity (Wildman–Crippen MR) is 55.7 cm³/mol. The van der Waals surface area contributed by atoms with Gasteiger partial charge < -0.3 is 5.32 Å². The highest BCUT2D eigenvalue weighted by atomic mass is 19.1. The molecule has 1 aliphatic rings. The number of nitrogens with one attached hydrogen (secondary N) is 1. The van der Waals surface area contributed by atoms with Crippen LogP contribution in [-0.4, -0.2) is 6.04 Å². The van der Waals surface area contributed by atoms with Gasteiger partial charge in [-0.25, -0.2) is 4.39 Å². The molecule has 14 heavy (non-hydrogen) atoms. The van der Waals surface area contributed by atoms with E-state index in [1.54, 1.807) is 12.1 Å². The van der Waals surface area contributed by atoms with Crippen molar-refractivity contribution in [2.75, 3.05) is 0 Å². The minimum absolute atomic E-state index is 0.117. The van der Waals surface area contributed by atoms with E-state index in [9.17, 15) is 4.39 Å². The van der Waals surface area contributed by atoms with E-state index in [-0.39, 0.29) is 5.82 Å². The summed E-state index contributed by atoms with van der Waals surface area (Å²) in [5, 5.41) is 3.49. The number of benzene rings is 1. The summed E-state index contributed by atoms with van der Waals surface area (Å²) < 4.78 is 12.9. The normalized spacial score (nSPS) is 20.1. The lowest BCUT2D eigenvalue weighted by Gasteiger charge is -2.16. The van der Waals surface area contributed by atoms with Crippen molar-refractivity contribution in [1.82, 2.24) is 5.32 Å². The van der Waals surface area contributed by atoms with Gasteiger partial charge in [0, 0.05) is 12.1 Å². The van der Waals surface area contributed by atoms with Gasteiger partial charge in [0.2, 0.25) is 0 Å². The number of rotatable bonds is 2. The molecule has 0 saturated heterocycles. The molecular formula is C12H16FN. The van der Waals surface area contributed by atoms with E-state index < -0.39 is 0 Å². The molecule has 1 nitrogen and oxygen atoms in total. The summed E-state index contributed by atoms with van der Waals surface area (Å²) in [5.41, 5.74) is 2.45. The largest absolute Gasteiger partial charge is 0.308 e. The smallest absolute Gasteiger partial charge is 0.123 e. The summed E-state index contributed by atoms with van der Waals surface area (Å²) in [6.07, 6.45) is 2.09. The monoisotopic (exact) mass is 193 g/mol. The van der Waals surface area contributed by atoms with Gasteiger partial charge in [-0.1, -0.05) is 19.9 Å². The summed E-state index contributed by atoms with van der Waals surface area (Å²) >= 11 is 0. The summed E-state index contributed by atoms with van der Waals surface area (Å²) in [6, 6.07) is 6.04. The van der Waals surface area contributed by atoms with Crippen molar-refractivity contribution in [1.29, 1.82) is 0 Å². The second-order valence-corrected chi connectivity index (χ2v) is 4.26. The van der Waals surface area contributed by atoms with E-state index in [1.165, 1.54) is 11.1 Å². The Kier molecular flexibility index (Phi) is 2.55. The molecule has 0 aromatic heterocycles. The van der Waals surface area contributed by atoms with E-state index in [1.807, 2.05) is 6.07 Å². The minimum atomic E-state index is -0.117. The molecule has 1 aromatic rings. The maximum atomic E-state index is 12.9. The first-order valence-corrected chi connectivity index (χ1v) is 5.21. The van der Waals surface area contributed by atoms with Crippen LogP contribution in [0.3, 0.4) is 0 Å². The Bertz CT molecular complexity index is 333. The average molecular weight is 193 g/mol. The van der Waals surface area contributed by atoms with Crippen LogP contribution in [0.4, 0.5) is 4.39 Å². The molecule has 0 radical (unpaired) electrons. The molecule has 1 aliphatic carbocycles. The quantitative estimate of drug-likeness (QED) is 0.761. The van der Waals surface area contributed by atoms with Crippen LogP contribution >= 0.6 is 0 Å². The van der Waals surface area contributed by atoms with E-state index in [0.29, 0.717) is 12.1 Å². The van der Waals surface area contributed by atoms with Crippen molar-refractivity contribution in [3.63, 3.8) is 0 Å². The topological polar surface area (TPSA) is 12.0 Å². The standard InChI is InChI=1S/C12H16FN/c1-8(2)14-12-6-3-9-7-10(13)4-5-11(9)12/h4-5,7-8,12,14H,3,6H2,1-2H3. The van der Waals surface area contributed by atoms with Gasteiger partial charge in [-0.05, 0) is 36.1 Å². The van der Waals surface area contributed by atoms with Gasteiger partial charge in [0.15, 0.2) is 0 Å². The first-order chi connectivity index (χ1) is 6.66. The molecule has 1 unspecified atom stereocenters. The molecule has 0 fully saturated rings. The molecule has 0 aliphatic heterocycles. The van der Waals surface area contributed by atoms with Gasteiger partial charge in [0.1, 0.15) is 5.82 Å². The third-order valence-electron chi connectivity index (χ3n) is 2.72. The van der Waals surface area contributed by atoms with Gasteiger partial charge in [-0.2, -0.15) is 0 Å². The summed E-state index contributed by atoms with van der Waals surface area (Å²) in [7, 11) is 0. The Hall–Kier alpha value is -0.890. The fourth-order valence-corrected chi connectivity index (χ4v) is 2.16. The van der Waals surface area contributed by atoms with Gasteiger partial charge in [0.25, 0.3) is 0 Å². The SMILES string of the molecule is CC(C)NC1CCc2cc(F)ccc21. The highest BCUT2D eigenvalue weighted by Gasteiger charge is 2.22. The Morgan fingerprint density at radius 3 is 2.93 bits per heavy atom. The van der Waals surface area contributed by atoms with Gasteiger partial charge in [0.05, 0.1) is 0 Å². The van der Waals surface area contributed by atoms with Crippen molar-refractivity contribution in [3.8, 4) is 0 Å². The lowest BCUT2D eigenvalue weighted by molar-refractivity contribution is 0.475. The zero-order valence-corrected chi connectivity index (χ0v) is 8.68. The number of halogens is 1. The second-order valence-electron chi connectivity index (χ2n) is 4.26. The van der Waals surface area contributed by atoms with Crippen LogP contribution in [0.1, 0.15) is 37.4 Å². The van der Waals surface area contributed by atoms with Crippen LogP contribution < -0.4 is 5.32 Å². The third-order valence-corrected chi connectivity index (χ3v) is 2.72. The van der Waals surface area contributed by atoms with Gasteiger partial charge in [-0.3, -0.25) is 0 Å². The van der Waals surface area contributed by atoms with Gasteiger partial charge in [-0.15, -0.1) is 0 Å². The predicted octanol–water partition coefficient (Wildman–Crippen LogP) is 2.81. The Labute approximate surface area is 84.3 Å². The highest BCUT2D eigenvalue weighted by Crippen LogP contribution is 2.31. The summed E-state index contributed by atoms with van der Waals surface area (Å²) in [4.78, 5) is 0. The van der Waals surface area contributed by atoms with Crippen LogP contribution in [0.2, 0.25) is 0 Å². The van der Waals surface area contributed by atoms with E-state index in [2.05, 4.69) is 19.2 Å². The number of fused-ring (bicyclic) bond motifs is 1. The molecular weight excluding hydrogens is 177 g/mol. The molecule has 2 heteroatoms. The third kappa shape index (κ3) is 1.80.